The van der Waals surface area contributed by atoms with Crippen LogP contribution in [0.2, 0.25) is 5.02 Å². The van der Waals surface area contributed by atoms with E-state index in [-0.39, 0.29) is 0 Å². The third-order valence-electron chi connectivity index (χ3n) is 2.39. The Labute approximate surface area is 116 Å². The first-order valence-electron chi connectivity index (χ1n) is 5.91. The van der Waals surface area contributed by atoms with E-state index in [1.54, 1.807) is 11.8 Å². The Morgan fingerprint density at radius 1 is 1.22 bits per heavy atom. The summed E-state index contributed by atoms with van der Waals surface area (Å²) in [4.78, 5) is 4.33. The lowest BCUT2D eigenvalue weighted by Crippen LogP contribution is -1.87. The largest absolute Gasteiger partial charge is 0.338 e. The SMILES string of the molecule is CCCc1noc(CSCc2ccc(Cl)cc2)n1. The maximum atomic E-state index is 5.83. The van der Waals surface area contributed by atoms with Gasteiger partial charge in [-0.25, -0.2) is 0 Å². The van der Waals surface area contributed by atoms with Gasteiger partial charge >= 0.3 is 0 Å². The zero-order valence-electron chi connectivity index (χ0n) is 10.2. The van der Waals surface area contributed by atoms with Crippen molar-refractivity contribution in [2.45, 2.75) is 31.3 Å². The van der Waals surface area contributed by atoms with Crippen LogP contribution >= 0.6 is 23.4 Å². The number of rotatable bonds is 6. The van der Waals surface area contributed by atoms with E-state index in [0.29, 0.717) is 5.89 Å². The van der Waals surface area contributed by atoms with E-state index in [0.717, 1.165) is 35.2 Å². The molecule has 5 heteroatoms. The second-order valence-corrected chi connectivity index (χ2v) is 5.40. The first kappa shape index (κ1) is 13.4. The number of halogens is 1. The average Bonchev–Trinajstić information content (AvgIpc) is 2.80. The fourth-order valence-electron chi connectivity index (χ4n) is 1.51. The van der Waals surface area contributed by atoms with Gasteiger partial charge in [0.2, 0.25) is 5.89 Å². The summed E-state index contributed by atoms with van der Waals surface area (Å²) in [5.41, 5.74) is 1.25. The van der Waals surface area contributed by atoms with Gasteiger partial charge in [-0.1, -0.05) is 35.8 Å². The Morgan fingerprint density at radius 2 is 2.00 bits per heavy atom. The molecule has 1 aromatic heterocycles. The van der Waals surface area contributed by atoms with E-state index in [9.17, 15) is 0 Å². The Balaban J connectivity index is 1.79. The van der Waals surface area contributed by atoms with Crippen LogP contribution in [0, 0.1) is 0 Å². The molecule has 0 atom stereocenters. The summed E-state index contributed by atoms with van der Waals surface area (Å²) in [5, 5.41) is 4.69. The fourth-order valence-corrected chi connectivity index (χ4v) is 2.46. The topological polar surface area (TPSA) is 38.9 Å². The highest BCUT2D eigenvalue weighted by Crippen LogP contribution is 2.18. The zero-order valence-corrected chi connectivity index (χ0v) is 11.8. The second-order valence-electron chi connectivity index (χ2n) is 3.97. The van der Waals surface area contributed by atoms with E-state index >= 15 is 0 Å². The molecule has 0 saturated heterocycles. The number of aryl methyl sites for hydroxylation is 1. The lowest BCUT2D eigenvalue weighted by molar-refractivity contribution is 0.384. The van der Waals surface area contributed by atoms with Crippen LogP contribution < -0.4 is 0 Å². The first-order chi connectivity index (χ1) is 8.78. The van der Waals surface area contributed by atoms with Gasteiger partial charge < -0.3 is 4.52 Å². The van der Waals surface area contributed by atoms with E-state index in [1.807, 2.05) is 24.3 Å². The molecule has 0 fully saturated rings. The van der Waals surface area contributed by atoms with E-state index in [2.05, 4.69) is 17.1 Å². The lowest BCUT2D eigenvalue weighted by Gasteiger charge is -1.99. The van der Waals surface area contributed by atoms with Crippen molar-refractivity contribution in [2.75, 3.05) is 0 Å². The van der Waals surface area contributed by atoms with Gasteiger partial charge in [0.25, 0.3) is 0 Å². The van der Waals surface area contributed by atoms with Gasteiger partial charge in [0.15, 0.2) is 5.82 Å². The molecule has 1 heterocycles. The average molecular weight is 283 g/mol. The maximum absolute atomic E-state index is 5.83. The summed E-state index contributed by atoms with van der Waals surface area (Å²) >= 11 is 7.59. The van der Waals surface area contributed by atoms with Crippen LogP contribution in [0.15, 0.2) is 28.8 Å². The Bertz CT molecular complexity index is 484. The smallest absolute Gasteiger partial charge is 0.236 e. The molecule has 0 amide bonds. The summed E-state index contributed by atoms with van der Waals surface area (Å²) in [6.07, 6.45) is 1.92. The summed E-state index contributed by atoms with van der Waals surface area (Å²) < 4.78 is 5.17. The van der Waals surface area contributed by atoms with Crippen molar-refractivity contribution in [3.8, 4) is 0 Å². The summed E-state index contributed by atoms with van der Waals surface area (Å²) in [7, 11) is 0. The minimum absolute atomic E-state index is 0.706. The minimum atomic E-state index is 0.706. The minimum Gasteiger partial charge on any atom is -0.338 e. The third kappa shape index (κ3) is 4.03. The van der Waals surface area contributed by atoms with Gasteiger partial charge in [-0.3, -0.25) is 0 Å². The number of nitrogens with zero attached hydrogens (tertiary/aromatic N) is 2. The zero-order chi connectivity index (χ0) is 12.8. The molecule has 0 unspecified atom stereocenters. The van der Waals surface area contributed by atoms with Gasteiger partial charge in [-0.2, -0.15) is 4.98 Å². The van der Waals surface area contributed by atoms with Crippen molar-refractivity contribution in [3.63, 3.8) is 0 Å². The highest BCUT2D eigenvalue weighted by atomic mass is 35.5. The van der Waals surface area contributed by atoms with Crippen molar-refractivity contribution in [1.29, 1.82) is 0 Å². The molecule has 0 aliphatic rings. The molecule has 0 aliphatic heterocycles. The van der Waals surface area contributed by atoms with Gasteiger partial charge in [0, 0.05) is 17.2 Å². The van der Waals surface area contributed by atoms with Crippen molar-refractivity contribution in [1.82, 2.24) is 10.1 Å². The lowest BCUT2D eigenvalue weighted by atomic mass is 10.2. The number of hydrogen-bond donors (Lipinski definition) is 0. The highest BCUT2D eigenvalue weighted by molar-refractivity contribution is 7.97. The summed E-state index contributed by atoms with van der Waals surface area (Å²) in [6.45, 7) is 2.10. The Hall–Kier alpha value is -1.00. The molecule has 0 N–H and O–H groups in total. The molecule has 18 heavy (non-hydrogen) atoms. The van der Waals surface area contributed by atoms with Gasteiger partial charge in [0.05, 0.1) is 5.75 Å². The van der Waals surface area contributed by atoms with Gasteiger partial charge in [-0.05, 0) is 24.1 Å². The molecule has 1 aromatic carbocycles. The molecule has 3 nitrogen and oxygen atoms in total. The predicted octanol–water partition coefficient (Wildman–Crippen LogP) is 4.11. The van der Waals surface area contributed by atoms with Crippen LogP contribution in [-0.4, -0.2) is 10.1 Å². The normalized spacial score (nSPS) is 10.8. The number of thioether (sulfide) groups is 1. The van der Waals surface area contributed by atoms with Crippen LogP contribution in [-0.2, 0) is 17.9 Å². The van der Waals surface area contributed by atoms with Gasteiger partial charge in [-0.15, -0.1) is 11.8 Å². The number of benzene rings is 1. The first-order valence-corrected chi connectivity index (χ1v) is 7.45. The van der Waals surface area contributed by atoms with Crippen LogP contribution in [0.4, 0.5) is 0 Å². The highest BCUT2D eigenvalue weighted by Gasteiger charge is 2.05. The van der Waals surface area contributed by atoms with Crippen LogP contribution in [0.3, 0.4) is 0 Å². The molecular weight excluding hydrogens is 268 g/mol. The summed E-state index contributed by atoms with van der Waals surface area (Å²) in [6, 6.07) is 7.88. The standard InChI is InChI=1S/C13H15ClN2OS/c1-2-3-12-15-13(17-16-12)9-18-8-10-4-6-11(14)7-5-10/h4-7H,2-3,8-9H2,1H3. The second kappa shape index (κ2) is 6.81. The van der Waals surface area contributed by atoms with Gasteiger partial charge in [0.1, 0.15) is 0 Å². The fraction of sp³-hybridized carbons (Fsp3) is 0.385. The number of hydrogen-bond acceptors (Lipinski definition) is 4. The van der Waals surface area contributed by atoms with Crippen LogP contribution in [0.5, 0.6) is 0 Å². The van der Waals surface area contributed by atoms with E-state index in [1.165, 1.54) is 5.56 Å². The Kier molecular flexibility index (Phi) is 5.08. The Morgan fingerprint density at radius 3 is 2.72 bits per heavy atom. The van der Waals surface area contributed by atoms with E-state index in [4.69, 9.17) is 16.1 Å². The molecule has 96 valence electrons. The van der Waals surface area contributed by atoms with Crippen LogP contribution in [0.25, 0.3) is 0 Å². The van der Waals surface area contributed by atoms with Crippen LogP contribution in [0.1, 0.15) is 30.6 Å². The monoisotopic (exact) mass is 282 g/mol. The van der Waals surface area contributed by atoms with Crippen molar-refractivity contribution < 1.29 is 4.52 Å². The van der Waals surface area contributed by atoms with Crippen molar-refractivity contribution in [3.05, 3.63) is 46.6 Å². The van der Waals surface area contributed by atoms with E-state index < -0.39 is 0 Å². The summed E-state index contributed by atoms with van der Waals surface area (Å²) in [5.74, 6) is 3.18. The quantitative estimate of drug-likeness (QED) is 0.799. The maximum Gasteiger partial charge on any atom is 0.236 e. The third-order valence-corrected chi connectivity index (χ3v) is 3.63. The molecular formula is C13H15ClN2OS. The molecule has 2 aromatic rings. The number of aromatic nitrogens is 2. The van der Waals surface area contributed by atoms with Crippen molar-refractivity contribution in [2.24, 2.45) is 0 Å². The molecule has 0 aliphatic carbocycles. The molecule has 2 rings (SSSR count). The van der Waals surface area contributed by atoms with Crippen molar-refractivity contribution >= 4 is 23.4 Å². The molecule has 0 bridgehead atoms. The predicted molar refractivity (Wildman–Crippen MR) is 74.7 cm³/mol. The molecule has 0 saturated carbocycles. The molecule has 0 spiro atoms. The molecule has 0 radical (unpaired) electrons.